The Hall–Kier alpha value is -1.95. The van der Waals surface area contributed by atoms with E-state index in [1.807, 2.05) is 0 Å². The summed E-state index contributed by atoms with van der Waals surface area (Å²) in [5.74, 6) is 1.25. The van der Waals surface area contributed by atoms with Crippen LogP contribution in [0.25, 0.3) is 11.5 Å². The third-order valence-electron chi connectivity index (χ3n) is 2.92. The van der Waals surface area contributed by atoms with E-state index in [1.54, 1.807) is 18.3 Å². The van der Waals surface area contributed by atoms with Gasteiger partial charge in [-0.3, -0.25) is 4.79 Å². The van der Waals surface area contributed by atoms with Crippen LogP contribution in [-0.2, 0) is 0 Å². The predicted molar refractivity (Wildman–Crippen MR) is 60.6 cm³/mol. The Labute approximate surface area is 97.1 Å². The van der Waals surface area contributed by atoms with Crippen molar-refractivity contribution < 1.29 is 4.52 Å². The van der Waals surface area contributed by atoms with Crippen LogP contribution in [0.5, 0.6) is 0 Å². The quantitative estimate of drug-likeness (QED) is 0.787. The number of hydrogen-bond donors (Lipinski definition) is 2. The van der Waals surface area contributed by atoms with Crippen molar-refractivity contribution in [2.45, 2.75) is 12.3 Å². The first kappa shape index (κ1) is 10.2. The fraction of sp³-hybridized carbons (Fsp3) is 0.364. The minimum atomic E-state index is -0.216. The summed E-state index contributed by atoms with van der Waals surface area (Å²) in [6.45, 7) is 1.84. The van der Waals surface area contributed by atoms with Crippen molar-refractivity contribution in [2.75, 3.05) is 13.1 Å². The van der Waals surface area contributed by atoms with Crippen LogP contribution >= 0.6 is 0 Å². The van der Waals surface area contributed by atoms with Crippen LogP contribution in [0, 0.1) is 0 Å². The molecule has 2 aromatic rings. The van der Waals surface area contributed by atoms with Gasteiger partial charge in [0.05, 0.1) is 0 Å². The lowest BCUT2D eigenvalue weighted by Gasteiger charge is -1.98. The number of rotatable bonds is 2. The second kappa shape index (κ2) is 4.14. The number of nitrogens with zero attached hydrogens (tertiary/aromatic N) is 2. The van der Waals surface area contributed by atoms with Crippen molar-refractivity contribution in [2.24, 2.45) is 0 Å². The summed E-state index contributed by atoms with van der Waals surface area (Å²) >= 11 is 0. The first-order chi connectivity index (χ1) is 8.34. The summed E-state index contributed by atoms with van der Waals surface area (Å²) in [6.07, 6.45) is 2.58. The van der Waals surface area contributed by atoms with Crippen molar-refractivity contribution in [3.05, 3.63) is 34.5 Å². The van der Waals surface area contributed by atoms with Gasteiger partial charge < -0.3 is 14.8 Å². The summed E-state index contributed by atoms with van der Waals surface area (Å²) in [7, 11) is 0. The molecule has 17 heavy (non-hydrogen) atoms. The summed E-state index contributed by atoms with van der Waals surface area (Å²) in [5.41, 5.74) is 0.199. The lowest BCUT2D eigenvalue weighted by molar-refractivity contribution is 0.417. The molecule has 2 aromatic heterocycles. The molecule has 0 bridgehead atoms. The highest BCUT2D eigenvalue weighted by atomic mass is 16.5. The van der Waals surface area contributed by atoms with Gasteiger partial charge in [-0.25, -0.2) is 0 Å². The zero-order valence-corrected chi connectivity index (χ0v) is 9.14. The Morgan fingerprint density at radius 2 is 2.41 bits per heavy atom. The number of H-pyrrole nitrogens is 1. The molecule has 1 saturated heterocycles. The molecule has 0 amide bonds. The van der Waals surface area contributed by atoms with Gasteiger partial charge in [0, 0.05) is 18.7 Å². The zero-order chi connectivity index (χ0) is 11.7. The molecule has 1 aliphatic rings. The van der Waals surface area contributed by atoms with E-state index in [0.29, 0.717) is 11.4 Å². The number of hydrogen-bond acceptors (Lipinski definition) is 5. The van der Waals surface area contributed by atoms with E-state index in [0.717, 1.165) is 19.5 Å². The van der Waals surface area contributed by atoms with Gasteiger partial charge in [0.15, 0.2) is 5.82 Å². The summed E-state index contributed by atoms with van der Waals surface area (Å²) < 4.78 is 5.14. The monoisotopic (exact) mass is 232 g/mol. The van der Waals surface area contributed by atoms with Crippen LogP contribution in [-0.4, -0.2) is 28.2 Å². The van der Waals surface area contributed by atoms with Gasteiger partial charge in [-0.05, 0) is 25.1 Å². The van der Waals surface area contributed by atoms with E-state index in [9.17, 15) is 4.79 Å². The van der Waals surface area contributed by atoms with Gasteiger partial charge in [0.1, 0.15) is 5.56 Å². The highest BCUT2D eigenvalue weighted by molar-refractivity contribution is 5.50. The van der Waals surface area contributed by atoms with Gasteiger partial charge in [-0.2, -0.15) is 4.98 Å². The molecular formula is C11H12N4O2. The largest absolute Gasteiger partial charge is 0.334 e. The molecule has 6 nitrogen and oxygen atoms in total. The maximum absolute atomic E-state index is 11.6. The number of aromatic nitrogens is 3. The second-order valence-corrected chi connectivity index (χ2v) is 4.06. The van der Waals surface area contributed by atoms with E-state index in [-0.39, 0.29) is 17.4 Å². The van der Waals surface area contributed by atoms with Crippen molar-refractivity contribution in [3.8, 4) is 11.5 Å². The van der Waals surface area contributed by atoms with Gasteiger partial charge in [0.2, 0.25) is 0 Å². The smallest absolute Gasteiger partial charge is 0.263 e. The minimum absolute atomic E-state index is 0.216. The van der Waals surface area contributed by atoms with Crippen molar-refractivity contribution in [1.82, 2.24) is 20.4 Å². The van der Waals surface area contributed by atoms with Gasteiger partial charge in [-0.15, -0.1) is 0 Å². The number of aromatic amines is 1. The lowest BCUT2D eigenvalue weighted by Crippen LogP contribution is -2.09. The third-order valence-corrected chi connectivity index (χ3v) is 2.92. The molecule has 1 atom stereocenters. The third kappa shape index (κ3) is 1.87. The van der Waals surface area contributed by atoms with Gasteiger partial charge in [0.25, 0.3) is 11.4 Å². The van der Waals surface area contributed by atoms with Crippen molar-refractivity contribution >= 4 is 0 Å². The summed E-state index contributed by atoms with van der Waals surface area (Å²) in [5, 5.41) is 7.18. The van der Waals surface area contributed by atoms with Crippen molar-refractivity contribution in [1.29, 1.82) is 0 Å². The van der Waals surface area contributed by atoms with Crippen LogP contribution in [0.4, 0.5) is 0 Å². The van der Waals surface area contributed by atoms with Crippen LogP contribution in [0.15, 0.2) is 27.6 Å². The average Bonchev–Trinajstić information content (AvgIpc) is 3.00. The van der Waals surface area contributed by atoms with Gasteiger partial charge in [-0.1, -0.05) is 5.16 Å². The molecule has 1 fully saturated rings. The Morgan fingerprint density at radius 1 is 1.47 bits per heavy atom. The maximum Gasteiger partial charge on any atom is 0.263 e. The zero-order valence-electron chi connectivity index (χ0n) is 9.14. The molecule has 0 radical (unpaired) electrons. The fourth-order valence-electron chi connectivity index (χ4n) is 1.98. The van der Waals surface area contributed by atoms with E-state index in [4.69, 9.17) is 4.52 Å². The standard InChI is InChI=1S/C11H12N4O2/c16-10-8(2-1-4-13-10)11-14-9(15-17-11)7-3-5-12-6-7/h1-2,4,7,12H,3,5-6H2,(H,13,16)/t7-/m0/s1. The molecule has 0 aliphatic carbocycles. The highest BCUT2D eigenvalue weighted by Gasteiger charge is 2.22. The maximum atomic E-state index is 11.6. The van der Waals surface area contributed by atoms with Crippen LogP contribution < -0.4 is 10.9 Å². The average molecular weight is 232 g/mol. The summed E-state index contributed by atoms with van der Waals surface area (Å²) in [4.78, 5) is 18.4. The van der Waals surface area contributed by atoms with E-state index < -0.39 is 0 Å². The van der Waals surface area contributed by atoms with Crippen LogP contribution in [0.1, 0.15) is 18.2 Å². The van der Waals surface area contributed by atoms with Crippen molar-refractivity contribution in [3.63, 3.8) is 0 Å². The lowest BCUT2D eigenvalue weighted by atomic mass is 10.1. The molecule has 0 saturated carbocycles. The first-order valence-electron chi connectivity index (χ1n) is 5.57. The Bertz CT molecular complexity index is 569. The second-order valence-electron chi connectivity index (χ2n) is 4.06. The molecule has 0 aromatic carbocycles. The molecule has 6 heteroatoms. The minimum Gasteiger partial charge on any atom is -0.334 e. The summed E-state index contributed by atoms with van der Waals surface area (Å²) in [6, 6.07) is 3.40. The predicted octanol–water partition coefficient (Wildman–Crippen LogP) is 0.502. The van der Waals surface area contributed by atoms with E-state index in [2.05, 4.69) is 20.4 Å². The molecule has 3 rings (SSSR count). The van der Waals surface area contributed by atoms with E-state index >= 15 is 0 Å². The molecule has 88 valence electrons. The molecule has 0 unspecified atom stereocenters. The van der Waals surface area contributed by atoms with Gasteiger partial charge >= 0.3 is 0 Å². The highest BCUT2D eigenvalue weighted by Crippen LogP contribution is 2.21. The van der Waals surface area contributed by atoms with E-state index in [1.165, 1.54) is 0 Å². The Kier molecular flexibility index (Phi) is 2.49. The first-order valence-corrected chi connectivity index (χ1v) is 5.57. The SMILES string of the molecule is O=c1[nH]cccc1-c1nc([C@H]2CCNC2)no1. The molecule has 2 N–H and O–H groups in total. The fourth-order valence-corrected chi connectivity index (χ4v) is 1.98. The number of nitrogens with one attached hydrogen (secondary N) is 2. The Morgan fingerprint density at radius 3 is 3.18 bits per heavy atom. The molecular weight excluding hydrogens is 220 g/mol. The number of pyridine rings is 1. The van der Waals surface area contributed by atoms with Crippen LogP contribution in [0.3, 0.4) is 0 Å². The molecule has 3 heterocycles. The molecule has 1 aliphatic heterocycles. The van der Waals surface area contributed by atoms with Crippen LogP contribution in [0.2, 0.25) is 0 Å². The normalized spacial score (nSPS) is 19.6. The molecule has 0 spiro atoms. The topological polar surface area (TPSA) is 83.8 Å². The Balaban J connectivity index is 1.95.